The van der Waals surface area contributed by atoms with Gasteiger partial charge in [0.2, 0.25) is 5.91 Å². The Morgan fingerprint density at radius 2 is 1.96 bits per heavy atom. The second-order valence-electron chi connectivity index (χ2n) is 6.14. The molecule has 1 unspecified atom stereocenters. The normalized spacial score (nSPS) is 12.3. The fraction of sp³-hybridized carbons (Fsp3) is 0.263. The summed E-state index contributed by atoms with van der Waals surface area (Å²) in [7, 11) is 0. The van der Waals surface area contributed by atoms with E-state index in [0.717, 1.165) is 21.1 Å². The van der Waals surface area contributed by atoms with Gasteiger partial charge in [0.25, 0.3) is 0 Å². The van der Waals surface area contributed by atoms with Crippen molar-refractivity contribution in [3.8, 4) is 9.88 Å². The molecule has 0 aliphatic carbocycles. The standard InChI is InChI=1S/C19H19FN2OS2/c1-12(2)18(13-5-7-14(20)8-6-13)22-17(23)10-15-11-25-19(21-15)16-4-3-9-24-16/h3-9,11-12,18H,10H2,1-2H3,(H,22,23). The van der Waals surface area contributed by atoms with Gasteiger partial charge in [-0.3, -0.25) is 4.79 Å². The van der Waals surface area contributed by atoms with Crippen LogP contribution in [0.25, 0.3) is 9.88 Å². The molecule has 1 aromatic carbocycles. The van der Waals surface area contributed by atoms with Gasteiger partial charge in [0.15, 0.2) is 0 Å². The van der Waals surface area contributed by atoms with E-state index in [9.17, 15) is 9.18 Å². The van der Waals surface area contributed by atoms with E-state index in [-0.39, 0.29) is 30.1 Å². The average molecular weight is 375 g/mol. The molecule has 25 heavy (non-hydrogen) atoms. The summed E-state index contributed by atoms with van der Waals surface area (Å²) < 4.78 is 13.1. The topological polar surface area (TPSA) is 42.0 Å². The first-order valence-electron chi connectivity index (χ1n) is 8.06. The highest BCUT2D eigenvalue weighted by atomic mass is 32.1. The minimum Gasteiger partial charge on any atom is -0.349 e. The van der Waals surface area contributed by atoms with E-state index in [1.165, 1.54) is 12.1 Å². The van der Waals surface area contributed by atoms with E-state index in [4.69, 9.17) is 0 Å². The number of halogens is 1. The molecule has 2 aromatic heterocycles. The molecule has 0 spiro atoms. The highest BCUT2D eigenvalue weighted by molar-refractivity contribution is 7.20. The van der Waals surface area contributed by atoms with Gasteiger partial charge in [0, 0.05) is 5.38 Å². The highest BCUT2D eigenvalue weighted by Crippen LogP contribution is 2.28. The summed E-state index contributed by atoms with van der Waals surface area (Å²) in [4.78, 5) is 18.1. The first-order valence-corrected chi connectivity index (χ1v) is 9.82. The molecule has 2 heterocycles. The number of thiazole rings is 1. The lowest BCUT2D eigenvalue weighted by Crippen LogP contribution is -2.32. The van der Waals surface area contributed by atoms with Crippen LogP contribution in [0.5, 0.6) is 0 Å². The van der Waals surface area contributed by atoms with Crippen molar-refractivity contribution in [1.82, 2.24) is 10.3 Å². The maximum Gasteiger partial charge on any atom is 0.226 e. The van der Waals surface area contributed by atoms with Crippen LogP contribution in [0, 0.1) is 11.7 Å². The first kappa shape index (κ1) is 17.8. The highest BCUT2D eigenvalue weighted by Gasteiger charge is 2.19. The number of carbonyl (C=O) groups is 1. The van der Waals surface area contributed by atoms with Gasteiger partial charge in [0.05, 0.1) is 23.0 Å². The van der Waals surface area contributed by atoms with Crippen molar-refractivity contribution in [3.05, 3.63) is 64.2 Å². The minimum absolute atomic E-state index is 0.0777. The summed E-state index contributed by atoms with van der Waals surface area (Å²) in [5, 5.41) is 7.93. The quantitative estimate of drug-likeness (QED) is 0.655. The van der Waals surface area contributed by atoms with Gasteiger partial charge in [-0.2, -0.15) is 0 Å². The zero-order chi connectivity index (χ0) is 17.8. The lowest BCUT2D eigenvalue weighted by atomic mass is 9.96. The monoisotopic (exact) mass is 374 g/mol. The molecule has 3 nitrogen and oxygen atoms in total. The van der Waals surface area contributed by atoms with Crippen molar-refractivity contribution in [1.29, 1.82) is 0 Å². The average Bonchev–Trinajstić information content (AvgIpc) is 3.24. The van der Waals surface area contributed by atoms with Crippen molar-refractivity contribution in [3.63, 3.8) is 0 Å². The molecule has 1 atom stereocenters. The van der Waals surface area contributed by atoms with E-state index in [2.05, 4.69) is 10.3 Å². The number of nitrogens with zero attached hydrogens (tertiary/aromatic N) is 1. The third-order valence-corrected chi connectivity index (χ3v) is 5.77. The summed E-state index contributed by atoms with van der Waals surface area (Å²) in [6.07, 6.45) is 0.242. The predicted octanol–water partition coefficient (Wildman–Crippen LogP) is 5.07. The van der Waals surface area contributed by atoms with Crippen molar-refractivity contribution < 1.29 is 9.18 Å². The maximum absolute atomic E-state index is 13.1. The smallest absolute Gasteiger partial charge is 0.226 e. The Bertz CT molecular complexity index is 825. The number of benzene rings is 1. The molecule has 0 radical (unpaired) electrons. The van der Waals surface area contributed by atoms with E-state index >= 15 is 0 Å². The minimum atomic E-state index is -0.277. The molecule has 0 aliphatic heterocycles. The molecule has 3 aromatic rings. The van der Waals surface area contributed by atoms with Gasteiger partial charge < -0.3 is 5.32 Å². The molecule has 0 bridgehead atoms. The molecule has 3 rings (SSSR count). The lowest BCUT2D eigenvalue weighted by Gasteiger charge is -2.22. The number of hydrogen-bond donors (Lipinski definition) is 1. The summed E-state index contributed by atoms with van der Waals surface area (Å²) in [6.45, 7) is 4.07. The number of thiophene rings is 1. The zero-order valence-corrected chi connectivity index (χ0v) is 15.7. The molecule has 1 N–H and O–H groups in total. The lowest BCUT2D eigenvalue weighted by molar-refractivity contribution is -0.121. The fourth-order valence-electron chi connectivity index (χ4n) is 2.60. The number of rotatable bonds is 6. The van der Waals surface area contributed by atoms with Gasteiger partial charge in [-0.1, -0.05) is 32.0 Å². The van der Waals surface area contributed by atoms with Crippen LogP contribution in [0.15, 0.2) is 47.2 Å². The SMILES string of the molecule is CC(C)C(NC(=O)Cc1csc(-c2cccs2)n1)c1ccc(F)cc1. The second-order valence-corrected chi connectivity index (χ2v) is 7.94. The summed E-state index contributed by atoms with van der Waals surface area (Å²) in [5.41, 5.74) is 1.68. The van der Waals surface area contributed by atoms with Gasteiger partial charge >= 0.3 is 0 Å². The summed E-state index contributed by atoms with van der Waals surface area (Å²) >= 11 is 3.19. The van der Waals surface area contributed by atoms with Crippen molar-refractivity contribution in [2.24, 2.45) is 5.92 Å². The third-order valence-electron chi connectivity index (χ3n) is 3.84. The van der Waals surface area contributed by atoms with Gasteiger partial charge in [0.1, 0.15) is 10.8 Å². The number of nitrogens with one attached hydrogen (secondary N) is 1. The molecule has 0 fully saturated rings. The second kappa shape index (κ2) is 7.89. The molecular weight excluding hydrogens is 355 g/mol. The number of aromatic nitrogens is 1. The predicted molar refractivity (Wildman–Crippen MR) is 101 cm³/mol. The van der Waals surface area contributed by atoms with Crippen LogP contribution in [-0.4, -0.2) is 10.9 Å². The zero-order valence-electron chi connectivity index (χ0n) is 14.0. The molecule has 6 heteroatoms. The van der Waals surface area contributed by atoms with Crippen molar-refractivity contribution in [2.75, 3.05) is 0 Å². The number of hydrogen-bond acceptors (Lipinski definition) is 4. The third kappa shape index (κ3) is 4.52. The van der Waals surface area contributed by atoms with Crippen LogP contribution in [0.3, 0.4) is 0 Å². The fourth-order valence-corrected chi connectivity index (χ4v) is 4.23. The Morgan fingerprint density at radius 3 is 2.60 bits per heavy atom. The van der Waals surface area contributed by atoms with Crippen molar-refractivity contribution >= 4 is 28.6 Å². The molecule has 0 aliphatic rings. The van der Waals surface area contributed by atoms with Gasteiger partial charge in [-0.05, 0) is 35.1 Å². The Hall–Kier alpha value is -2.05. The largest absolute Gasteiger partial charge is 0.349 e. The van der Waals surface area contributed by atoms with Crippen LogP contribution in [0.1, 0.15) is 31.1 Å². The Morgan fingerprint density at radius 1 is 1.20 bits per heavy atom. The van der Waals surface area contributed by atoms with E-state index in [1.54, 1.807) is 34.8 Å². The number of amides is 1. The summed E-state index contributed by atoms with van der Waals surface area (Å²) in [5.74, 6) is -0.154. The Labute approximate surface area is 154 Å². The Kier molecular flexibility index (Phi) is 5.60. The summed E-state index contributed by atoms with van der Waals surface area (Å²) in [6, 6.07) is 10.1. The van der Waals surface area contributed by atoms with E-state index < -0.39 is 0 Å². The molecular formula is C19H19FN2OS2. The van der Waals surface area contributed by atoms with Gasteiger partial charge in [-0.15, -0.1) is 22.7 Å². The van der Waals surface area contributed by atoms with Crippen molar-refractivity contribution in [2.45, 2.75) is 26.3 Å². The van der Waals surface area contributed by atoms with Crippen LogP contribution in [0.2, 0.25) is 0 Å². The molecule has 0 saturated carbocycles. The van der Waals surface area contributed by atoms with Crippen LogP contribution in [0.4, 0.5) is 4.39 Å². The van der Waals surface area contributed by atoms with Crippen LogP contribution >= 0.6 is 22.7 Å². The van der Waals surface area contributed by atoms with E-state index in [1.807, 2.05) is 36.7 Å². The first-order chi connectivity index (χ1) is 12.0. The molecule has 130 valence electrons. The van der Waals surface area contributed by atoms with Crippen LogP contribution in [-0.2, 0) is 11.2 Å². The molecule has 0 saturated heterocycles. The number of carbonyl (C=O) groups excluding carboxylic acids is 1. The van der Waals surface area contributed by atoms with E-state index in [0.29, 0.717) is 0 Å². The molecule has 1 amide bonds. The van der Waals surface area contributed by atoms with Gasteiger partial charge in [-0.25, -0.2) is 9.37 Å². The van der Waals surface area contributed by atoms with Crippen LogP contribution < -0.4 is 5.32 Å². The Balaban J connectivity index is 1.67. The maximum atomic E-state index is 13.1.